The molecule has 2 unspecified atom stereocenters. The minimum atomic E-state index is -2.83. The zero-order chi connectivity index (χ0) is 11.6. The van der Waals surface area contributed by atoms with Crippen LogP contribution in [0.15, 0.2) is 0 Å². The highest BCUT2D eigenvalue weighted by Gasteiger charge is 2.28. The topological polar surface area (TPSA) is 55.4 Å². The Labute approximate surface area is 97.7 Å². The Morgan fingerprint density at radius 1 is 1.31 bits per heavy atom. The third-order valence-corrected chi connectivity index (χ3v) is 5.19. The van der Waals surface area contributed by atoms with Crippen LogP contribution in [0.25, 0.3) is 0 Å². The van der Waals surface area contributed by atoms with Gasteiger partial charge in [0.15, 0.2) is 9.84 Å². The van der Waals surface area contributed by atoms with Gasteiger partial charge in [0.2, 0.25) is 0 Å². The minimum Gasteiger partial charge on any atom is -0.377 e. The number of hydrogen-bond donors (Lipinski definition) is 1. The predicted octanol–water partition coefficient (Wildman–Crippen LogP) is 0.578. The van der Waals surface area contributed by atoms with Crippen molar-refractivity contribution in [1.82, 2.24) is 5.32 Å². The molecule has 1 heterocycles. The molecule has 2 aliphatic rings. The largest absolute Gasteiger partial charge is 0.377 e. The lowest BCUT2D eigenvalue weighted by Gasteiger charge is -2.15. The highest BCUT2D eigenvalue weighted by atomic mass is 32.2. The molecule has 1 aliphatic carbocycles. The van der Waals surface area contributed by atoms with E-state index in [2.05, 4.69) is 5.32 Å². The summed E-state index contributed by atoms with van der Waals surface area (Å²) in [6, 6.07) is 0.330. The van der Waals surface area contributed by atoms with Crippen LogP contribution >= 0.6 is 0 Å². The maximum absolute atomic E-state index is 11.7. The number of nitrogens with one attached hydrogen (secondary N) is 1. The summed E-state index contributed by atoms with van der Waals surface area (Å²) in [5.74, 6) is 1.12. The Hall–Kier alpha value is -0.130. The van der Waals surface area contributed by atoms with Crippen molar-refractivity contribution in [3.8, 4) is 0 Å². The number of sulfone groups is 1. The summed E-state index contributed by atoms with van der Waals surface area (Å²) in [5, 5.41) is 3.28. The standard InChI is InChI=1S/C11H21NO3S/c1-9-11(4-6-15-9)12-5-7-16(13,14)8-10-2-3-10/h9-12H,2-8H2,1H3. The zero-order valence-corrected chi connectivity index (χ0v) is 10.6. The van der Waals surface area contributed by atoms with Gasteiger partial charge >= 0.3 is 0 Å². The van der Waals surface area contributed by atoms with Crippen molar-refractivity contribution in [2.24, 2.45) is 5.92 Å². The van der Waals surface area contributed by atoms with Gasteiger partial charge in [-0.15, -0.1) is 0 Å². The average Bonchev–Trinajstić information content (AvgIpc) is 2.89. The van der Waals surface area contributed by atoms with Crippen molar-refractivity contribution in [3.63, 3.8) is 0 Å². The van der Waals surface area contributed by atoms with Crippen LogP contribution in [0.2, 0.25) is 0 Å². The van der Waals surface area contributed by atoms with E-state index in [0.29, 0.717) is 24.3 Å². The maximum atomic E-state index is 11.7. The Morgan fingerprint density at radius 2 is 2.06 bits per heavy atom. The molecule has 0 bridgehead atoms. The molecule has 0 aromatic rings. The molecular weight excluding hydrogens is 226 g/mol. The third kappa shape index (κ3) is 3.71. The van der Waals surface area contributed by atoms with Crippen molar-refractivity contribution in [2.45, 2.75) is 38.3 Å². The number of rotatable bonds is 6. The fraction of sp³-hybridized carbons (Fsp3) is 1.00. The van der Waals surface area contributed by atoms with Crippen LogP contribution in [0.3, 0.4) is 0 Å². The van der Waals surface area contributed by atoms with Gasteiger partial charge in [0.05, 0.1) is 17.6 Å². The molecule has 0 aromatic heterocycles. The summed E-state index contributed by atoms with van der Waals surface area (Å²) < 4.78 is 28.7. The SMILES string of the molecule is CC1OCCC1NCCS(=O)(=O)CC1CC1. The van der Waals surface area contributed by atoms with E-state index in [1.807, 2.05) is 6.92 Å². The first-order chi connectivity index (χ1) is 7.57. The Balaban J connectivity index is 1.66. The van der Waals surface area contributed by atoms with Crippen molar-refractivity contribution < 1.29 is 13.2 Å². The lowest BCUT2D eigenvalue weighted by atomic mass is 10.2. The van der Waals surface area contributed by atoms with E-state index in [0.717, 1.165) is 25.9 Å². The Bertz CT molecular complexity index is 324. The number of ether oxygens (including phenoxy) is 1. The van der Waals surface area contributed by atoms with Gasteiger partial charge in [0.25, 0.3) is 0 Å². The van der Waals surface area contributed by atoms with Gasteiger partial charge in [-0.3, -0.25) is 0 Å². The van der Waals surface area contributed by atoms with Gasteiger partial charge in [-0.2, -0.15) is 0 Å². The van der Waals surface area contributed by atoms with E-state index < -0.39 is 9.84 Å². The predicted molar refractivity (Wildman–Crippen MR) is 63.2 cm³/mol. The summed E-state index contributed by atoms with van der Waals surface area (Å²) in [4.78, 5) is 0. The molecule has 0 aromatic carbocycles. The molecule has 16 heavy (non-hydrogen) atoms. The highest BCUT2D eigenvalue weighted by Crippen LogP contribution is 2.30. The molecule has 5 heteroatoms. The first kappa shape index (κ1) is 12.3. The summed E-state index contributed by atoms with van der Waals surface area (Å²) in [6.07, 6.45) is 3.40. The van der Waals surface area contributed by atoms with Gasteiger partial charge in [-0.05, 0) is 32.1 Å². The minimum absolute atomic E-state index is 0.214. The van der Waals surface area contributed by atoms with E-state index in [4.69, 9.17) is 4.74 Å². The normalized spacial score (nSPS) is 30.8. The summed E-state index contributed by atoms with van der Waals surface area (Å²) in [5.41, 5.74) is 0. The average molecular weight is 247 g/mol. The first-order valence-corrected chi connectivity index (χ1v) is 7.94. The Kier molecular flexibility index (Phi) is 3.87. The molecule has 2 fully saturated rings. The van der Waals surface area contributed by atoms with Crippen LogP contribution < -0.4 is 5.32 Å². The fourth-order valence-corrected chi connectivity index (χ4v) is 3.77. The van der Waals surface area contributed by atoms with Gasteiger partial charge in [-0.25, -0.2) is 8.42 Å². The molecule has 2 atom stereocenters. The van der Waals surface area contributed by atoms with Gasteiger partial charge < -0.3 is 10.1 Å². The van der Waals surface area contributed by atoms with Crippen LogP contribution in [0, 0.1) is 5.92 Å². The molecule has 2 rings (SSSR count). The lowest BCUT2D eigenvalue weighted by molar-refractivity contribution is 0.113. The smallest absolute Gasteiger partial charge is 0.151 e. The van der Waals surface area contributed by atoms with E-state index in [1.54, 1.807) is 0 Å². The molecule has 0 amide bonds. The monoisotopic (exact) mass is 247 g/mol. The molecule has 4 nitrogen and oxygen atoms in total. The molecular formula is C11H21NO3S. The quantitative estimate of drug-likeness (QED) is 0.746. The molecule has 1 saturated heterocycles. The lowest BCUT2D eigenvalue weighted by Crippen LogP contribution is -2.37. The number of hydrogen-bond acceptors (Lipinski definition) is 4. The van der Waals surface area contributed by atoms with E-state index in [1.165, 1.54) is 0 Å². The highest BCUT2D eigenvalue weighted by molar-refractivity contribution is 7.91. The van der Waals surface area contributed by atoms with Gasteiger partial charge in [0.1, 0.15) is 0 Å². The molecule has 0 radical (unpaired) electrons. The van der Waals surface area contributed by atoms with E-state index >= 15 is 0 Å². The van der Waals surface area contributed by atoms with Crippen LogP contribution in [0.4, 0.5) is 0 Å². The fourth-order valence-electron chi connectivity index (χ4n) is 2.13. The third-order valence-electron chi connectivity index (χ3n) is 3.38. The first-order valence-electron chi connectivity index (χ1n) is 6.12. The molecule has 1 N–H and O–H groups in total. The van der Waals surface area contributed by atoms with Crippen LogP contribution in [-0.4, -0.2) is 45.2 Å². The van der Waals surface area contributed by atoms with Crippen LogP contribution in [0.5, 0.6) is 0 Å². The van der Waals surface area contributed by atoms with Crippen LogP contribution in [-0.2, 0) is 14.6 Å². The summed E-state index contributed by atoms with van der Waals surface area (Å²) >= 11 is 0. The summed E-state index contributed by atoms with van der Waals surface area (Å²) in [7, 11) is -2.83. The molecule has 1 aliphatic heterocycles. The second kappa shape index (κ2) is 5.02. The van der Waals surface area contributed by atoms with Crippen molar-refractivity contribution in [3.05, 3.63) is 0 Å². The van der Waals surface area contributed by atoms with Crippen molar-refractivity contribution in [2.75, 3.05) is 24.7 Å². The van der Waals surface area contributed by atoms with E-state index in [-0.39, 0.29) is 11.9 Å². The second-order valence-electron chi connectivity index (χ2n) is 4.98. The zero-order valence-electron chi connectivity index (χ0n) is 9.81. The van der Waals surface area contributed by atoms with Gasteiger partial charge in [0, 0.05) is 19.2 Å². The summed E-state index contributed by atoms with van der Waals surface area (Å²) in [6.45, 7) is 3.38. The maximum Gasteiger partial charge on any atom is 0.151 e. The molecule has 94 valence electrons. The Morgan fingerprint density at radius 3 is 2.62 bits per heavy atom. The molecule has 1 saturated carbocycles. The molecule has 0 spiro atoms. The van der Waals surface area contributed by atoms with E-state index in [9.17, 15) is 8.42 Å². The van der Waals surface area contributed by atoms with Crippen LogP contribution in [0.1, 0.15) is 26.2 Å². The van der Waals surface area contributed by atoms with Crippen molar-refractivity contribution >= 4 is 9.84 Å². The van der Waals surface area contributed by atoms with Gasteiger partial charge in [-0.1, -0.05) is 0 Å². The second-order valence-corrected chi connectivity index (χ2v) is 7.21. The van der Waals surface area contributed by atoms with Crippen molar-refractivity contribution in [1.29, 1.82) is 0 Å².